The van der Waals surface area contributed by atoms with E-state index in [0.29, 0.717) is 13.0 Å². The molecule has 0 aromatic heterocycles. The molecule has 20 heavy (non-hydrogen) atoms. The van der Waals surface area contributed by atoms with E-state index in [-0.39, 0.29) is 30.4 Å². The number of carbonyl (C=O) groups excluding carboxylic acids is 2. The molecule has 1 aliphatic heterocycles. The fourth-order valence-electron chi connectivity index (χ4n) is 2.20. The molecule has 0 aliphatic carbocycles. The van der Waals surface area contributed by atoms with Gasteiger partial charge in [-0.2, -0.15) is 0 Å². The highest BCUT2D eigenvalue weighted by atomic mass is 19.2. The van der Waals surface area contributed by atoms with Gasteiger partial charge in [0.2, 0.25) is 11.8 Å². The molecule has 108 valence electrons. The molecule has 1 aromatic rings. The Morgan fingerprint density at radius 2 is 2.20 bits per heavy atom. The maximum absolute atomic E-state index is 13.4. The Hall–Kier alpha value is -1.98. The van der Waals surface area contributed by atoms with Crippen LogP contribution in [0.4, 0.5) is 8.78 Å². The summed E-state index contributed by atoms with van der Waals surface area (Å²) in [6, 6.07) is 3.51. The molecule has 1 atom stereocenters. The van der Waals surface area contributed by atoms with Crippen molar-refractivity contribution in [1.82, 2.24) is 10.2 Å². The van der Waals surface area contributed by atoms with Crippen molar-refractivity contribution < 1.29 is 18.4 Å². The molecular formula is C14H16F2N2O2. The zero-order chi connectivity index (χ0) is 14.7. The van der Waals surface area contributed by atoms with Gasteiger partial charge in [0.15, 0.2) is 11.6 Å². The Kier molecular flexibility index (Phi) is 4.32. The lowest BCUT2D eigenvalue weighted by Gasteiger charge is -2.29. The first-order chi connectivity index (χ1) is 9.47. The minimum absolute atomic E-state index is 0.0155. The van der Waals surface area contributed by atoms with Crippen LogP contribution in [0.15, 0.2) is 18.2 Å². The van der Waals surface area contributed by atoms with Crippen molar-refractivity contribution in [3.05, 3.63) is 35.4 Å². The van der Waals surface area contributed by atoms with Crippen molar-refractivity contribution in [2.24, 2.45) is 0 Å². The summed E-state index contributed by atoms with van der Waals surface area (Å²) in [5.74, 6) is -2.40. The van der Waals surface area contributed by atoms with Gasteiger partial charge in [0.25, 0.3) is 0 Å². The molecule has 2 amide bonds. The van der Waals surface area contributed by atoms with Gasteiger partial charge in [-0.1, -0.05) is 12.1 Å². The predicted octanol–water partition coefficient (Wildman–Crippen LogP) is 1.24. The second kappa shape index (κ2) is 5.98. The van der Waals surface area contributed by atoms with Crippen LogP contribution in [0, 0.1) is 11.6 Å². The Balaban J connectivity index is 1.93. The van der Waals surface area contributed by atoms with Crippen molar-refractivity contribution in [1.29, 1.82) is 0 Å². The SMILES string of the molecule is CN1CC[C@@H](NC(=O)Cc2cccc(F)c2F)CC1=O. The fourth-order valence-corrected chi connectivity index (χ4v) is 2.20. The van der Waals surface area contributed by atoms with Gasteiger partial charge in [-0.3, -0.25) is 9.59 Å². The first-order valence-electron chi connectivity index (χ1n) is 6.43. The molecule has 6 heteroatoms. The highest BCUT2D eigenvalue weighted by Crippen LogP contribution is 2.13. The molecule has 2 rings (SSSR count). The van der Waals surface area contributed by atoms with Crippen molar-refractivity contribution in [3.8, 4) is 0 Å². The molecule has 1 N–H and O–H groups in total. The number of carbonyl (C=O) groups is 2. The molecule has 0 bridgehead atoms. The third kappa shape index (κ3) is 3.31. The Bertz CT molecular complexity index is 534. The second-order valence-electron chi connectivity index (χ2n) is 4.96. The molecule has 1 aliphatic rings. The summed E-state index contributed by atoms with van der Waals surface area (Å²) in [5, 5.41) is 2.69. The van der Waals surface area contributed by atoms with Crippen LogP contribution < -0.4 is 5.32 Å². The number of rotatable bonds is 3. The number of nitrogens with one attached hydrogen (secondary N) is 1. The molecule has 0 unspecified atom stereocenters. The van der Waals surface area contributed by atoms with Gasteiger partial charge in [0.05, 0.1) is 6.42 Å². The summed E-state index contributed by atoms with van der Waals surface area (Å²) >= 11 is 0. The Morgan fingerprint density at radius 3 is 2.90 bits per heavy atom. The fraction of sp³-hybridized carbons (Fsp3) is 0.429. The maximum atomic E-state index is 13.4. The lowest BCUT2D eigenvalue weighted by atomic mass is 10.0. The maximum Gasteiger partial charge on any atom is 0.224 e. The third-order valence-corrected chi connectivity index (χ3v) is 3.41. The van der Waals surface area contributed by atoms with Gasteiger partial charge in [0.1, 0.15) is 0 Å². The number of hydrogen-bond donors (Lipinski definition) is 1. The summed E-state index contributed by atoms with van der Waals surface area (Å²) < 4.78 is 26.5. The lowest BCUT2D eigenvalue weighted by molar-refractivity contribution is -0.133. The van der Waals surface area contributed by atoms with Crippen LogP contribution in [-0.2, 0) is 16.0 Å². The van der Waals surface area contributed by atoms with E-state index in [4.69, 9.17) is 0 Å². The number of hydrogen-bond acceptors (Lipinski definition) is 2. The Labute approximate surface area is 115 Å². The number of halogens is 2. The number of benzene rings is 1. The van der Waals surface area contributed by atoms with Gasteiger partial charge in [-0.05, 0) is 12.5 Å². The van der Waals surface area contributed by atoms with Crippen LogP contribution in [-0.4, -0.2) is 36.3 Å². The minimum Gasteiger partial charge on any atom is -0.352 e. The van der Waals surface area contributed by atoms with E-state index >= 15 is 0 Å². The number of amides is 2. The lowest BCUT2D eigenvalue weighted by Crippen LogP contribution is -2.46. The topological polar surface area (TPSA) is 49.4 Å². The standard InChI is InChI=1S/C14H16F2N2O2/c1-18-6-5-10(8-13(18)20)17-12(19)7-9-3-2-4-11(15)14(9)16/h2-4,10H,5-8H2,1H3,(H,17,19)/t10-/m1/s1. The molecule has 4 nitrogen and oxygen atoms in total. The molecule has 0 radical (unpaired) electrons. The molecule has 0 spiro atoms. The highest BCUT2D eigenvalue weighted by molar-refractivity contribution is 5.81. The Morgan fingerprint density at radius 1 is 1.45 bits per heavy atom. The number of nitrogens with zero attached hydrogens (tertiary/aromatic N) is 1. The van der Waals surface area contributed by atoms with E-state index in [1.807, 2.05) is 0 Å². The van der Waals surface area contributed by atoms with E-state index in [0.717, 1.165) is 6.07 Å². The minimum atomic E-state index is -0.998. The van der Waals surface area contributed by atoms with Gasteiger partial charge in [0, 0.05) is 31.6 Å². The van der Waals surface area contributed by atoms with Crippen LogP contribution in [0.3, 0.4) is 0 Å². The number of likely N-dealkylation sites (tertiary alicyclic amines) is 1. The zero-order valence-corrected chi connectivity index (χ0v) is 11.2. The first-order valence-corrected chi connectivity index (χ1v) is 6.43. The molecule has 1 fully saturated rings. The van der Waals surface area contributed by atoms with Crippen molar-refractivity contribution >= 4 is 11.8 Å². The molecule has 1 aromatic carbocycles. The second-order valence-corrected chi connectivity index (χ2v) is 4.96. The quantitative estimate of drug-likeness (QED) is 0.907. The van der Waals surface area contributed by atoms with Gasteiger partial charge in [-0.15, -0.1) is 0 Å². The summed E-state index contributed by atoms with van der Waals surface area (Å²) in [6.07, 6.45) is 0.678. The van der Waals surface area contributed by atoms with Gasteiger partial charge >= 0.3 is 0 Å². The molecule has 1 heterocycles. The van der Waals surface area contributed by atoms with Crippen molar-refractivity contribution in [2.75, 3.05) is 13.6 Å². The van der Waals surface area contributed by atoms with Crippen LogP contribution in [0.2, 0.25) is 0 Å². The van der Waals surface area contributed by atoms with E-state index in [9.17, 15) is 18.4 Å². The summed E-state index contributed by atoms with van der Waals surface area (Å²) in [5.41, 5.74) is 0.0155. The van der Waals surface area contributed by atoms with Gasteiger partial charge in [-0.25, -0.2) is 8.78 Å². The van der Waals surface area contributed by atoms with E-state index in [1.165, 1.54) is 12.1 Å². The normalized spacial score (nSPS) is 19.1. The van der Waals surface area contributed by atoms with Crippen molar-refractivity contribution in [3.63, 3.8) is 0 Å². The zero-order valence-electron chi connectivity index (χ0n) is 11.2. The smallest absolute Gasteiger partial charge is 0.224 e. The van der Waals surface area contributed by atoms with Crippen LogP contribution in [0.25, 0.3) is 0 Å². The average Bonchev–Trinajstić information content (AvgIpc) is 2.39. The average molecular weight is 282 g/mol. The first kappa shape index (κ1) is 14.4. The number of piperidine rings is 1. The molecule has 0 saturated carbocycles. The summed E-state index contributed by atoms with van der Waals surface area (Å²) in [6.45, 7) is 0.581. The van der Waals surface area contributed by atoms with E-state index < -0.39 is 17.5 Å². The largest absolute Gasteiger partial charge is 0.352 e. The predicted molar refractivity (Wildman–Crippen MR) is 68.9 cm³/mol. The van der Waals surface area contributed by atoms with Crippen LogP contribution in [0.5, 0.6) is 0 Å². The summed E-state index contributed by atoms with van der Waals surface area (Å²) in [7, 11) is 1.71. The highest BCUT2D eigenvalue weighted by Gasteiger charge is 2.24. The third-order valence-electron chi connectivity index (χ3n) is 3.41. The van der Waals surface area contributed by atoms with Crippen molar-refractivity contribution in [2.45, 2.75) is 25.3 Å². The van der Waals surface area contributed by atoms with E-state index in [1.54, 1.807) is 11.9 Å². The molecule has 1 saturated heterocycles. The van der Waals surface area contributed by atoms with Gasteiger partial charge < -0.3 is 10.2 Å². The van der Waals surface area contributed by atoms with E-state index in [2.05, 4.69) is 5.32 Å². The summed E-state index contributed by atoms with van der Waals surface area (Å²) in [4.78, 5) is 24.9. The monoisotopic (exact) mass is 282 g/mol. The van der Waals surface area contributed by atoms with Crippen LogP contribution >= 0.6 is 0 Å². The van der Waals surface area contributed by atoms with Crippen LogP contribution in [0.1, 0.15) is 18.4 Å². The molecular weight excluding hydrogens is 266 g/mol.